The van der Waals surface area contributed by atoms with Gasteiger partial charge >= 0.3 is 0 Å². The summed E-state index contributed by atoms with van der Waals surface area (Å²) in [5, 5.41) is 9.42. The Morgan fingerprint density at radius 3 is 2.33 bits per heavy atom. The number of aliphatic hydroxyl groups is 1. The van der Waals surface area contributed by atoms with Gasteiger partial charge in [-0.1, -0.05) is 12.1 Å². The zero-order chi connectivity index (χ0) is 10.8. The molecule has 0 aromatic heterocycles. The Kier molecular flexibility index (Phi) is 2.96. The van der Waals surface area contributed by atoms with Gasteiger partial charge in [0, 0.05) is 18.3 Å². The molecule has 1 aromatic rings. The van der Waals surface area contributed by atoms with E-state index >= 15 is 0 Å². The van der Waals surface area contributed by atoms with Gasteiger partial charge in [0.05, 0.1) is 6.10 Å². The van der Waals surface area contributed by atoms with Crippen LogP contribution in [0.5, 0.6) is 0 Å². The van der Waals surface area contributed by atoms with Crippen molar-refractivity contribution in [2.24, 2.45) is 0 Å². The smallest absolute Gasteiger partial charge is 0.0761 e. The Balaban J connectivity index is 2.14. The SMILES string of the molecule is CCN(c1ccc(C(C)O)cc1)C1CC1. The Morgan fingerprint density at radius 1 is 1.33 bits per heavy atom. The van der Waals surface area contributed by atoms with Crippen LogP contribution in [0.15, 0.2) is 24.3 Å². The maximum absolute atomic E-state index is 9.42. The monoisotopic (exact) mass is 205 g/mol. The summed E-state index contributed by atoms with van der Waals surface area (Å²) in [6.07, 6.45) is 2.29. The number of benzene rings is 1. The Bertz CT molecular complexity index is 314. The Labute approximate surface area is 91.5 Å². The summed E-state index contributed by atoms with van der Waals surface area (Å²) in [6.45, 7) is 5.06. The highest BCUT2D eigenvalue weighted by Gasteiger charge is 2.27. The lowest BCUT2D eigenvalue weighted by Gasteiger charge is -2.23. The maximum Gasteiger partial charge on any atom is 0.0761 e. The fourth-order valence-electron chi connectivity index (χ4n) is 1.98. The van der Waals surface area contributed by atoms with E-state index in [-0.39, 0.29) is 6.10 Å². The molecule has 1 aliphatic rings. The van der Waals surface area contributed by atoms with E-state index in [0.717, 1.165) is 18.2 Å². The van der Waals surface area contributed by atoms with Crippen molar-refractivity contribution >= 4 is 5.69 Å². The second kappa shape index (κ2) is 4.23. The summed E-state index contributed by atoms with van der Waals surface area (Å²) in [5.41, 5.74) is 2.27. The molecule has 0 aliphatic heterocycles. The molecule has 0 amide bonds. The first-order valence-electron chi connectivity index (χ1n) is 5.77. The van der Waals surface area contributed by atoms with Crippen molar-refractivity contribution in [1.29, 1.82) is 0 Å². The molecule has 1 saturated carbocycles. The number of nitrogens with zero attached hydrogens (tertiary/aromatic N) is 1. The van der Waals surface area contributed by atoms with Crippen molar-refractivity contribution < 1.29 is 5.11 Å². The van der Waals surface area contributed by atoms with Gasteiger partial charge in [0.15, 0.2) is 0 Å². The molecule has 82 valence electrons. The largest absolute Gasteiger partial charge is 0.389 e. The summed E-state index contributed by atoms with van der Waals surface area (Å²) in [7, 11) is 0. The lowest BCUT2D eigenvalue weighted by Crippen LogP contribution is -2.24. The third kappa shape index (κ3) is 2.32. The van der Waals surface area contributed by atoms with Crippen LogP contribution < -0.4 is 4.90 Å². The molecule has 15 heavy (non-hydrogen) atoms. The summed E-state index contributed by atoms with van der Waals surface area (Å²) in [5.74, 6) is 0. The van der Waals surface area contributed by atoms with Crippen molar-refractivity contribution in [2.75, 3.05) is 11.4 Å². The van der Waals surface area contributed by atoms with E-state index in [9.17, 15) is 5.11 Å². The highest BCUT2D eigenvalue weighted by molar-refractivity contribution is 5.49. The van der Waals surface area contributed by atoms with Crippen LogP contribution in [-0.2, 0) is 0 Å². The van der Waals surface area contributed by atoms with Crippen LogP contribution in [0.1, 0.15) is 38.4 Å². The third-order valence-corrected chi connectivity index (χ3v) is 3.04. The van der Waals surface area contributed by atoms with Crippen molar-refractivity contribution in [3.05, 3.63) is 29.8 Å². The summed E-state index contributed by atoms with van der Waals surface area (Å²) < 4.78 is 0. The number of anilines is 1. The van der Waals surface area contributed by atoms with E-state index in [2.05, 4.69) is 24.0 Å². The van der Waals surface area contributed by atoms with E-state index in [4.69, 9.17) is 0 Å². The molecule has 1 unspecified atom stereocenters. The van der Waals surface area contributed by atoms with Crippen molar-refractivity contribution in [1.82, 2.24) is 0 Å². The van der Waals surface area contributed by atoms with Gasteiger partial charge in [-0.3, -0.25) is 0 Å². The van der Waals surface area contributed by atoms with Gasteiger partial charge in [0.25, 0.3) is 0 Å². The van der Waals surface area contributed by atoms with Gasteiger partial charge in [0.2, 0.25) is 0 Å². The minimum absolute atomic E-state index is 0.366. The van der Waals surface area contributed by atoms with E-state index < -0.39 is 0 Å². The third-order valence-electron chi connectivity index (χ3n) is 3.04. The maximum atomic E-state index is 9.42. The van der Waals surface area contributed by atoms with Crippen LogP contribution in [0.4, 0.5) is 5.69 Å². The first-order valence-corrected chi connectivity index (χ1v) is 5.77. The summed E-state index contributed by atoms with van der Waals surface area (Å²) >= 11 is 0. The van der Waals surface area contributed by atoms with Gasteiger partial charge in [-0.2, -0.15) is 0 Å². The lowest BCUT2D eigenvalue weighted by molar-refractivity contribution is 0.199. The number of rotatable bonds is 4. The van der Waals surface area contributed by atoms with Crippen molar-refractivity contribution in [3.63, 3.8) is 0 Å². The number of hydrogen-bond acceptors (Lipinski definition) is 2. The van der Waals surface area contributed by atoms with Gasteiger partial charge in [-0.05, 0) is 44.4 Å². The number of hydrogen-bond donors (Lipinski definition) is 1. The molecule has 1 atom stereocenters. The fraction of sp³-hybridized carbons (Fsp3) is 0.538. The average Bonchev–Trinajstić information content (AvgIpc) is 3.04. The quantitative estimate of drug-likeness (QED) is 0.817. The van der Waals surface area contributed by atoms with Gasteiger partial charge in [-0.15, -0.1) is 0 Å². The normalized spacial score (nSPS) is 17.5. The predicted molar refractivity (Wildman–Crippen MR) is 63.1 cm³/mol. The molecule has 2 rings (SSSR count). The molecule has 0 heterocycles. The lowest BCUT2D eigenvalue weighted by atomic mass is 10.1. The van der Waals surface area contributed by atoms with Gasteiger partial charge in [-0.25, -0.2) is 0 Å². The molecular weight excluding hydrogens is 186 g/mol. The van der Waals surface area contributed by atoms with Crippen molar-refractivity contribution in [3.8, 4) is 0 Å². The molecule has 0 bridgehead atoms. The molecule has 1 aliphatic carbocycles. The molecule has 2 heteroatoms. The molecule has 0 radical (unpaired) electrons. The van der Waals surface area contributed by atoms with Crippen LogP contribution in [0.25, 0.3) is 0 Å². The second-order valence-corrected chi connectivity index (χ2v) is 4.28. The molecule has 1 aromatic carbocycles. The molecular formula is C13H19NO. The molecule has 1 N–H and O–H groups in total. The zero-order valence-corrected chi connectivity index (χ0v) is 9.48. The topological polar surface area (TPSA) is 23.5 Å². The van der Waals surface area contributed by atoms with Gasteiger partial charge in [0.1, 0.15) is 0 Å². The van der Waals surface area contributed by atoms with Crippen LogP contribution in [0.3, 0.4) is 0 Å². The highest BCUT2D eigenvalue weighted by Crippen LogP contribution is 2.31. The van der Waals surface area contributed by atoms with E-state index in [1.807, 2.05) is 12.1 Å². The standard InChI is InChI=1S/C13H19NO/c1-3-14(13-8-9-13)12-6-4-11(5-7-12)10(2)15/h4-7,10,13,15H,3,8-9H2,1-2H3. The van der Waals surface area contributed by atoms with E-state index in [1.54, 1.807) is 6.92 Å². The first kappa shape index (κ1) is 10.5. The zero-order valence-electron chi connectivity index (χ0n) is 9.48. The predicted octanol–water partition coefficient (Wildman–Crippen LogP) is 2.73. The van der Waals surface area contributed by atoms with Crippen LogP contribution in [0, 0.1) is 0 Å². The van der Waals surface area contributed by atoms with Crippen molar-refractivity contribution in [2.45, 2.75) is 38.8 Å². The molecule has 0 saturated heterocycles. The Hall–Kier alpha value is -1.02. The summed E-state index contributed by atoms with van der Waals surface area (Å²) in [4.78, 5) is 2.44. The van der Waals surface area contributed by atoms with Gasteiger partial charge < -0.3 is 10.0 Å². The minimum atomic E-state index is -0.366. The highest BCUT2D eigenvalue weighted by atomic mass is 16.3. The average molecular weight is 205 g/mol. The molecule has 2 nitrogen and oxygen atoms in total. The second-order valence-electron chi connectivity index (χ2n) is 4.28. The van der Waals surface area contributed by atoms with Crippen LogP contribution in [0.2, 0.25) is 0 Å². The number of aliphatic hydroxyl groups excluding tert-OH is 1. The molecule has 1 fully saturated rings. The summed E-state index contributed by atoms with van der Waals surface area (Å²) in [6, 6.07) is 9.02. The first-order chi connectivity index (χ1) is 7.22. The minimum Gasteiger partial charge on any atom is -0.389 e. The van der Waals surface area contributed by atoms with Crippen LogP contribution in [-0.4, -0.2) is 17.7 Å². The fourth-order valence-corrected chi connectivity index (χ4v) is 1.98. The van der Waals surface area contributed by atoms with E-state index in [0.29, 0.717) is 0 Å². The Morgan fingerprint density at radius 2 is 1.93 bits per heavy atom. The molecule has 0 spiro atoms. The van der Waals surface area contributed by atoms with Crippen LogP contribution >= 0.6 is 0 Å². The van der Waals surface area contributed by atoms with E-state index in [1.165, 1.54) is 18.5 Å².